The molecule has 2 aliphatic carbocycles. The summed E-state index contributed by atoms with van der Waals surface area (Å²) in [7, 11) is 0. The number of hydrogen-bond donors (Lipinski definition) is 0. The Kier molecular flexibility index (Phi) is 9.66. The van der Waals surface area contributed by atoms with Crippen LogP contribution in [0.3, 0.4) is 0 Å². The van der Waals surface area contributed by atoms with E-state index in [2.05, 4.69) is 50.0 Å². The summed E-state index contributed by atoms with van der Waals surface area (Å²) in [5.41, 5.74) is 2.66. The van der Waals surface area contributed by atoms with Crippen LogP contribution in [0.2, 0.25) is 0 Å². The Labute approximate surface area is 181 Å². The topological polar surface area (TPSA) is 0 Å². The Balaban J connectivity index is 1.37. The van der Waals surface area contributed by atoms with Gasteiger partial charge in [0.1, 0.15) is 0 Å². The molecular weight excluding hydrogens is 348 g/mol. The van der Waals surface area contributed by atoms with Gasteiger partial charge in [0.2, 0.25) is 0 Å². The third-order valence-corrected chi connectivity index (χ3v) is 7.74. The summed E-state index contributed by atoms with van der Waals surface area (Å²) in [5.74, 6) is 10.8. The molecule has 1 aromatic carbocycles. The number of rotatable bonds is 8. The Hall–Kier alpha value is -1.22. The maximum Gasteiger partial charge on any atom is 0.0245 e. The van der Waals surface area contributed by atoms with Gasteiger partial charge in [0.15, 0.2) is 0 Å². The molecule has 0 spiro atoms. The fourth-order valence-electron chi connectivity index (χ4n) is 5.69. The van der Waals surface area contributed by atoms with E-state index in [0.29, 0.717) is 5.92 Å². The Morgan fingerprint density at radius 2 is 1.34 bits per heavy atom. The van der Waals surface area contributed by atoms with E-state index in [4.69, 9.17) is 0 Å². The Morgan fingerprint density at radius 3 is 1.97 bits per heavy atom. The van der Waals surface area contributed by atoms with Crippen molar-refractivity contribution in [2.45, 2.75) is 110 Å². The van der Waals surface area contributed by atoms with Crippen LogP contribution in [0, 0.1) is 35.5 Å². The molecule has 0 aliphatic heterocycles. The van der Waals surface area contributed by atoms with E-state index >= 15 is 0 Å². The third kappa shape index (κ3) is 7.51. The summed E-state index contributed by atoms with van der Waals surface area (Å²) >= 11 is 0. The quantitative estimate of drug-likeness (QED) is 0.307. The van der Waals surface area contributed by atoms with Gasteiger partial charge in [-0.1, -0.05) is 82.8 Å². The second kappa shape index (κ2) is 12.5. The second-order valence-electron chi connectivity index (χ2n) is 9.96. The van der Waals surface area contributed by atoms with E-state index in [0.717, 1.165) is 17.8 Å². The molecule has 0 unspecified atom stereocenters. The van der Waals surface area contributed by atoms with Crippen molar-refractivity contribution in [2.24, 2.45) is 23.7 Å². The maximum absolute atomic E-state index is 3.61. The first-order valence-corrected chi connectivity index (χ1v) is 12.9. The molecule has 3 rings (SSSR count). The van der Waals surface area contributed by atoms with E-state index in [-0.39, 0.29) is 0 Å². The first-order chi connectivity index (χ1) is 14.3. The van der Waals surface area contributed by atoms with Crippen LogP contribution in [0.4, 0.5) is 0 Å². The lowest BCUT2D eigenvalue weighted by Crippen LogP contribution is -2.25. The molecule has 2 aliphatic rings. The zero-order valence-electron chi connectivity index (χ0n) is 19.2. The minimum absolute atomic E-state index is 0.636. The molecule has 2 fully saturated rings. The van der Waals surface area contributed by atoms with Crippen molar-refractivity contribution in [2.75, 3.05) is 0 Å². The molecule has 2 saturated carbocycles. The highest BCUT2D eigenvalue weighted by atomic mass is 14.3. The summed E-state index contributed by atoms with van der Waals surface area (Å²) in [6.07, 6.45) is 21.1. The van der Waals surface area contributed by atoms with Crippen molar-refractivity contribution in [3.8, 4) is 11.8 Å². The van der Waals surface area contributed by atoms with E-state index < -0.39 is 0 Å². The predicted molar refractivity (Wildman–Crippen MR) is 127 cm³/mol. The van der Waals surface area contributed by atoms with Gasteiger partial charge in [-0.05, 0) is 86.8 Å². The molecule has 0 radical (unpaired) electrons. The predicted octanol–water partition coefficient (Wildman–Crippen LogP) is 8.57. The molecule has 0 N–H and O–H groups in total. The lowest BCUT2D eigenvalue weighted by molar-refractivity contribution is 0.153. The van der Waals surface area contributed by atoms with Gasteiger partial charge < -0.3 is 0 Å². The molecule has 0 amide bonds. The van der Waals surface area contributed by atoms with Crippen LogP contribution < -0.4 is 0 Å². The van der Waals surface area contributed by atoms with Crippen LogP contribution in [-0.4, -0.2) is 0 Å². The summed E-state index contributed by atoms with van der Waals surface area (Å²) < 4.78 is 0. The van der Waals surface area contributed by atoms with E-state index in [1.165, 1.54) is 107 Å². The van der Waals surface area contributed by atoms with Gasteiger partial charge in [0.05, 0.1) is 0 Å². The zero-order valence-corrected chi connectivity index (χ0v) is 19.2. The largest absolute Gasteiger partial charge is 0.0945 e. The van der Waals surface area contributed by atoms with Crippen LogP contribution in [-0.2, 0) is 6.42 Å². The van der Waals surface area contributed by atoms with Crippen LogP contribution in [0.25, 0.3) is 0 Å². The fourth-order valence-corrected chi connectivity index (χ4v) is 5.69. The van der Waals surface area contributed by atoms with E-state index in [1.807, 2.05) is 0 Å². The molecule has 160 valence electrons. The monoisotopic (exact) mass is 392 g/mol. The molecule has 0 heteroatoms. The van der Waals surface area contributed by atoms with Gasteiger partial charge in [-0.2, -0.15) is 0 Å². The minimum Gasteiger partial charge on any atom is -0.0945 e. The number of aryl methyl sites for hydroxylation is 1. The van der Waals surface area contributed by atoms with Gasteiger partial charge >= 0.3 is 0 Å². The van der Waals surface area contributed by atoms with Gasteiger partial charge in [-0.25, -0.2) is 0 Å². The number of benzene rings is 1. The number of unbranched alkanes of at least 4 members (excludes halogenated alkanes) is 3. The second-order valence-corrected chi connectivity index (χ2v) is 9.96. The molecule has 0 atom stereocenters. The highest BCUT2D eigenvalue weighted by Crippen LogP contribution is 2.42. The molecule has 0 bridgehead atoms. The fraction of sp³-hybridized carbons (Fsp3) is 0.724. The molecule has 0 heterocycles. The SMILES string of the molecule is CCCCC[C@H]1CC[C@H]([C@H]2CC[C@H](C#Cc3ccc(CCCC)cc3)CC2)CC1. The first-order valence-electron chi connectivity index (χ1n) is 12.9. The molecule has 0 nitrogen and oxygen atoms in total. The van der Waals surface area contributed by atoms with Crippen molar-refractivity contribution in [3.05, 3.63) is 35.4 Å². The van der Waals surface area contributed by atoms with Crippen molar-refractivity contribution < 1.29 is 0 Å². The van der Waals surface area contributed by atoms with Crippen LogP contribution >= 0.6 is 0 Å². The van der Waals surface area contributed by atoms with E-state index in [1.54, 1.807) is 0 Å². The summed E-state index contributed by atoms with van der Waals surface area (Å²) in [6.45, 7) is 4.58. The summed E-state index contributed by atoms with van der Waals surface area (Å²) in [4.78, 5) is 0. The van der Waals surface area contributed by atoms with Crippen LogP contribution in [0.5, 0.6) is 0 Å². The number of hydrogen-bond acceptors (Lipinski definition) is 0. The lowest BCUT2D eigenvalue weighted by Gasteiger charge is -2.37. The average Bonchev–Trinajstić information content (AvgIpc) is 2.78. The maximum atomic E-state index is 3.61. The van der Waals surface area contributed by atoms with E-state index in [9.17, 15) is 0 Å². The molecular formula is C29H44. The van der Waals surface area contributed by atoms with Crippen LogP contribution in [0.1, 0.15) is 115 Å². The molecule has 0 aromatic heterocycles. The third-order valence-electron chi connectivity index (χ3n) is 7.74. The first kappa shape index (κ1) is 22.5. The lowest BCUT2D eigenvalue weighted by atomic mass is 9.69. The van der Waals surface area contributed by atoms with Crippen LogP contribution in [0.15, 0.2) is 24.3 Å². The Bertz CT molecular complexity index is 612. The van der Waals surface area contributed by atoms with Crippen molar-refractivity contribution in [1.82, 2.24) is 0 Å². The minimum atomic E-state index is 0.636. The van der Waals surface area contributed by atoms with Gasteiger partial charge in [-0.15, -0.1) is 0 Å². The molecule has 1 aromatic rings. The summed E-state index contributed by atoms with van der Waals surface area (Å²) in [6, 6.07) is 9.00. The average molecular weight is 393 g/mol. The standard InChI is InChI=1S/C29H44/c1-3-5-7-9-25-16-20-28(21-17-25)29-22-18-27(19-23-29)15-14-26-12-10-24(11-13-26)8-6-4-2/h10-13,25,27-29H,3-9,16-23H2,1-2H3/t25-,27-,28-,29-. The van der Waals surface area contributed by atoms with Gasteiger partial charge in [0, 0.05) is 11.5 Å². The molecule has 29 heavy (non-hydrogen) atoms. The van der Waals surface area contributed by atoms with Gasteiger partial charge in [-0.3, -0.25) is 0 Å². The van der Waals surface area contributed by atoms with Crippen molar-refractivity contribution in [1.29, 1.82) is 0 Å². The summed E-state index contributed by atoms with van der Waals surface area (Å²) in [5, 5.41) is 0. The Morgan fingerprint density at radius 1 is 0.724 bits per heavy atom. The zero-order chi connectivity index (χ0) is 20.3. The smallest absolute Gasteiger partial charge is 0.0245 e. The van der Waals surface area contributed by atoms with Crippen molar-refractivity contribution >= 4 is 0 Å². The highest BCUT2D eigenvalue weighted by molar-refractivity contribution is 5.36. The highest BCUT2D eigenvalue weighted by Gasteiger charge is 2.30. The van der Waals surface area contributed by atoms with Crippen molar-refractivity contribution in [3.63, 3.8) is 0 Å². The normalized spacial score (nSPS) is 27.2. The van der Waals surface area contributed by atoms with Gasteiger partial charge in [0.25, 0.3) is 0 Å². The molecule has 0 saturated heterocycles.